The third-order valence-electron chi connectivity index (χ3n) is 4.50. The van der Waals surface area contributed by atoms with Crippen LogP contribution in [0.1, 0.15) is 30.4 Å². The number of hydrogen-bond donors (Lipinski definition) is 3. The van der Waals surface area contributed by atoms with Crippen LogP contribution < -0.4 is 16.4 Å². The van der Waals surface area contributed by atoms with E-state index in [-0.39, 0.29) is 17.7 Å². The van der Waals surface area contributed by atoms with Gasteiger partial charge < -0.3 is 16.4 Å². The Morgan fingerprint density at radius 1 is 1.04 bits per heavy atom. The molecule has 0 atom stereocenters. The van der Waals surface area contributed by atoms with Crippen molar-refractivity contribution in [2.75, 3.05) is 11.1 Å². The Labute approximate surface area is 147 Å². The maximum absolute atomic E-state index is 12.1. The molecule has 0 unspecified atom stereocenters. The number of rotatable bonds is 6. The summed E-state index contributed by atoms with van der Waals surface area (Å²) in [5.74, 6) is 0.202. The Kier molecular flexibility index (Phi) is 5.33. The molecule has 5 nitrogen and oxygen atoms in total. The van der Waals surface area contributed by atoms with Gasteiger partial charge in [0.25, 0.3) is 0 Å². The molecule has 0 aromatic heterocycles. The van der Waals surface area contributed by atoms with Gasteiger partial charge in [0.2, 0.25) is 11.8 Å². The third-order valence-corrected chi connectivity index (χ3v) is 4.50. The van der Waals surface area contributed by atoms with E-state index in [1.54, 1.807) is 12.1 Å². The topological polar surface area (TPSA) is 84.2 Å². The van der Waals surface area contributed by atoms with Crippen molar-refractivity contribution in [1.82, 2.24) is 5.32 Å². The molecule has 0 aliphatic heterocycles. The minimum Gasteiger partial charge on any atom is -0.399 e. The minimum absolute atomic E-state index is 0.0475. The second-order valence-corrected chi connectivity index (χ2v) is 6.51. The first-order valence-electron chi connectivity index (χ1n) is 8.61. The van der Waals surface area contributed by atoms with Crippen LogP contribution in [0, 0.1) is 5.92 Å². The number of carbonyl (C=O) groups excluding carboxylic acids is 2. The molecule has 2 aromatic rings. The fourth-order valence-corrected chi connectivity index (χ4v) is 2.76. The van der Waals surface area contributed by atoms with Crippen LogP contribution in [-0.2, 0) is 22.6 Å². The molecule has 0 bridgehead atoms. The van der Waals surface area contributed by atoms with Crippen LogP contribution in [0.2, 0.25) is 0 Å². The van der Waals surface area contributed by atoms with Crippen LogP contribution in [0.15, 0.2) is 48.5 Å². The maximum atomic E-state index is 12.1. The predicted molar refractivity (Wildman–Crippen MR) is 98.8 cm³/mol. The Balaban J connectivity index is 1.50. The van der Waals surface area contributed by atoms with Crippen molar-refractivity contribution < 1.29 is 9.59 Å². The summed E-state index contributed by atoms with van der Waals surface area (Å²) in [7, 11) is 0. The van der Waals surface area contributed by atoms with Gasteiger partial charge in [-0.1, -0.05) is 30.7 Å². The standard InChI is InChI=1S/C20H23N3O2/c21-17-9-7-14(8-10-17)12-19(24)22-13-15-3-1-6-18(11-15)23-20(25)16-4-2-5-16/h1,3,6-11,16H,2,4-5,12-13,21H2,(H,22,24)(H,23,25). The summed E-state index contributed by atoms with van der Waals surface area (Å²) in [6.07, 6.45) is 3.41. The third kappa shape index (κ3) is 4.83. The first kappa shape index (κ1) is 17.0. The van der Waals surface area contributed by atoms with E-state index < -0.39 is 0 Å². The molecule has 1 saturated carbocycles. The Morgan fingerprint density at radius 3 is 2.48 bits per heavy atom. The first-order valence-corrected chi connectivity index (χ1v) is 8.61. The Hall–Kier alpha value is -2.82. The van der Waals surface area contributed by atoms with E-state index in [1.807, 2.05) is 36.4 Å². The number of hydrogen-bond acceptors (Lipinski definition) is 3. The summed E-state index contributed by atoms with van der Waals surface area (Å²) in [4.78, 5) is 24.1. The molecule has 0 radical (unpaired) electrons. The summed E-state index contributed by atoms with van der Waals surface area (Å²) in [6.45, 7) is 0.431. The van der Waals surface area contributed by atoms with E-state index in [0.717, 1.165) is 36.1 Å². The first-order chi connectivity index (χ1) is 12.1. The molecule has 2 amide bonds. The van der Waals surface area contributed by atoms with Gasteiger partial charge in [-0.25, -0.2) is 0 Å². The van der Waals surface area contributed by atoms with Crippen molar-refractivity contribution in [2.45, 2.75) is 32.2 Å². The minimum atomic E-state index is -0.0475. The lowest BCUT2D eigenvalue weighted by Crippen LogP contribution is -2.28. The molecule has 1 aliphatic rings. The largest absolute Gasteiger partial charge is 0.399 e. The Bertz CT molecular complexity index is 752. The zero-order valence-electron chi connectivity index (χ0n) is 14.1. The van der Waals surface area contributed by atoms with Crippen LogP contribution in [-0.4, -0.2) is 11.8 Å². The predicted octanol–water partition coefficient (Wildman–Crippen LogP) is 2.87. The molecule has 0 heterocycles. The van der Waals surface area contributed by atoms with Crippen molar-refractivity contribution in [2.24, 2.45) is 5.92 Å². The van der Waals surface area contributed by atoms with Crippen LogP contribution >= 0.6 is 0 Å². The number of carbonyl (C=O) groups is 2. The van der Waals surface area contributed by atoms with Crippen LogP contribution in [0.5, 0.6) is 0 Å². The van der Waals surface area contributed by atoms with Gasteiger partial charge >= 0.3 is 0 Å². The highest BCUT2D eigenvalue weighted by atomic mass is 16.2. The molecular weight excluding hydrogens is 314 g/mol. The van der Waals surface area contributed by atoms with E-state index in [0.29, 0.717) is 18.7 Å². The number of benzene rings is 2. The summed E-state index contributed by atoms with van der Waals surface area (Å²) in [6, 6.07) is 14.9. The van der Waals surface area contributed by atoms with Crippen LogP contribution in [0.4, 0.5) is 11.4 Å². The second-order valence-electron chi connectivity index (χ2n) is 6.51. The molecular formula is C20H23N3O2. The van der Waals surface area contributed by atoms with Gasteiger partial charge in [-0.05, 0) is 48.2 Å². The molecule has 3 rings (SSSR count). The van der Waals surface area contributed by atoms with Gasteiger partial charge in [0, 0.05) is 23.8 Å². The molecule has 2 aromatic carbocycles. The van der Waals surface area contributed by atoms with Crippen molar-refractivity contribution in [3.8, 4) is 0 Å². The number of amides is 2. The number of nitrogens with two attached hydrogens (primary N) is 1. The monoisotopic (exact) mass is 337 g/mol. The zero-order valence-corrected chi connectivity index (χ0v) is 14.1. The fourth-order valence-electron chi connectivity index (χ4n) is 2.76. The van der Waals surface area contributed by atoms with Crippen molar-refractivity contribution in [3.63, 3.8) is 0 Å². The average molecular weight is 337 g/mol. The lowest BCUT2D eigenvalue weighted by molar-refractivity contribution is -0.122. The van der Waals surface area contributed by atoms with E-state index in [4.69, 9.17) is 5.73 Å². The smallest absolute Gasteiger partial charge is 0.227 e. The highest BCUT2D eigenvalue weighted by Crippen LogP contribution is 2.27. The summed E-state index contributed by atoms with van der Waals surface area (Å²) < 4.78 is 0. The number of nitrogens with one attached hydrogen (secondary N) is 2. The van der Waals surface area contributed by atoms with Gasteiger partial charge in [-0.3, -0.25) is 9.59 Å². The van der Waals surface area contributed by atoms with Gasteiger partial charge in [-0.15, -0.1) is 0 Å². The highest BCUT2D eigenvalue weighted by Gasteiger charge is 2.25. The number of nitrogen functional groups attached to an aromatic ring is 1. The molecule has 1 aliphatic carbocycles. The molecule has 25 heavy (non-hydrogen) atoms. The molecule has 4 N–H and O–H groups in total. The van der Waals surface area contributed by atoms with Gasteiger partial charge in [0.15, 0.2) is 0 Å². The van der Waals surface area contributed by atoms with E-state index in [1.165, 1.54) is 0 Å². The highest BCUT2D eigenvalue weighted by molar-refractivity contribution is 5.93. The van der Waals surface area contributed by atoms with Gasteiger partial charge in [0.05, 0.1) is 6.42 Å². The summed E-state index contributed by atoms with van der Waals surface area (Å²) in [5.41, 5.74) is 8.99. The fraction of sp³-hybridized carbons (Fsp3) is 0.300. The number of anilines is 2. The van der Waals surface area contributed by atoms with E-state index in [9.17, 15) is 9.59 Å². The van der Waals surface area contributed by atoms with E-state index >= 15 is 0 Å². The zero-order chi connectivity index (χ0) is 17.6. The van der Waals surface area contributed by atoms with Gasteiger partial charge in [-0.2, -0.15) is 0 Å². The van der Waals surface area contributed by atoms with Crippen molar-refractivity contribution in [1.29, 1.82) is 0 Å². The van der Waals surface area contributed by atoms with Crippen LogP contribution in [0.25, 0.3) is 0 Å². The average Bonchev–Trinajstić information content (AvgIpc) is 2.54. The summed E-state index contributed by atoms with van der Waals surface area (Å²) in [5, 5.41) is 5.86. The normalized spacial score (nSPS) is 13.8. The second kappa shape index (κ2) is 7.83. The maximum Gasteiger partial charge on any atom is 0.227 e. The molecule has 130 valence electrons. The summed E-state index contributed by atoms with van der Waals surface area (Å²) >= 11 is 0. The van der Waals surface area contributed by atoms with Crippen molar-refractivity contribution in [3.05, 3.63) is 59.7 Å². The quantitative estimate of drug-likeness (QED) is 0.709. The van der Waals surface area contributed by atoms with E-state index in [2.05, 4.69) is 10.6 Å². The lowest BCUT2D eigenvalue weighted by atomic mass is 9.85. The molecule has 0 saturated heterocycles. The molecule has 0 spiro atoms. The van der Waals surface area contributed by atoms with Crippen LogP contribution in [0.3, 0.4) is 0 Å². The van der Waals surface area contributed by atoms with Crippen molar-refractivity contribution >= 4 is 23.2 Å². The Morgan fingerprint density at radius 2 is 1.80 bits per heavy atom. The SMILES string of the molecule is Nc1ccc(CC(=O)NCc2cccc(NC(=O)C3CCC3)c2)cc1. The molecule has 5 heteroatoms. The lowest BCUT2D eigenvalue weighted by Gasteiger charge is -2.24. The van der Waals surface area contributed by atoms with Gasteiger partial charge in [0.1, 0.15) is 0 Å². The molecule has 1 fully saturated rings.